The molecule has 2 aromatic carbocycles. The Morgan fingerprint density at radius 2 is 1.96 bits per heavy atom. The summed E-state index contributed by atoms with van der Waals surface area (Å²) >= 11 is 0. The van der Waals surface area contributed by atoms with Crippen LogP contribution in [0.25, 0.3) is 22.5 Å². The van der Waals surface area contributed by atoms with E-state index in [-0.39, 0.29) is 5.91 Å². The van der Waals surface area contributed by atoms with E-state index in [1.165, 1.54) is 11.6 Å². The zero-order chi connectivity index (χ0) is 19.3. The van der Waals surface area contributed by atoms with Gasteiger partial charge in [0, 0.05) is 16.8 Å². The number of ether oxygens (including phenoxy) is 1. The monoisotopic (exact) mass is 373 g/mol. The van der Waals surface area contributed by atoms with Crippen LogP contribution in [0.5, 0.6) is 5.75 Å². The number of rotatable bonds is 6. The van der Waals surface area contributed by atoms with E-state index in [4.69, 9.17) is 4.74 Å². The summed E-state index contributed by atoms with van der Waals surface area (Å²) in [6.07, 6.45) is 4.77. The van der Waals surface area contributed by atoms with Crippen molar-refractivity contribution in [3.05, 3.63) is 72.2 Å². The molecule has 7 heteroatoms. The molecule has 0 saturated carbocycles. The Morgan fingerprint density at radius 3 is 2.82 bits per heavy atom. The van der Waals surface area contributed by atoms with E-state index in [2.05, 4.69) is 20.6 Å². The second-order valence-electron chi connectivity index (χ2n) is 6.31. The Morgan fingerprint density at radius 1 is 1.14 bits per heavy atom. The van der Waals surface area contributed by atoms with Crippen LogP contribution >= 0.6 is 0 Å². The topological polar surface area (TPSA) is 81.4 Å². The van der Waals surface area contributed by atoms with Crippen LogP contribution in [0.1, 0.15) is 11.4 Å². The lowest BCUT2D eigenvalue weighted by Gasteiger charge is -2.06. The molecule has 0 unspecified atom stereocenters. The molecule has 4 rings (SSSR count). The Labute approximate surface area is 161 Å². The maximum Gasteiger partial charge on any atom is 0.244 e. The molecular weight excluding hydrogens is 354 g/mol. The zero-order valence-corrected chi connectivity index (χ0v) is 15.4. The quantitative estimate of drug-likeness (QED) is 0.415. The Kier molecular flexibility index (Phi) is 4.97. The van der Waals surface area contributed by atoms with Crippen LogP contribution in [0.2, 0.25) is 0 Å². The van der Waals surface area contributed by atoms with Crippen molar-refractivity contribution in [2.24, 2.45) is 0 Å². The fourth-order valence-electron chi connectivity index (χ4n) is 2.80. The van der Waals surface area contributed by atoms with E-state index in [0.29, 0.717) is 24.6 Å². The van der Waals surface area contributed by atoms with Crippen LogP contribution in [0.3, 0.4) is 0 Å². The highest BCUT2D eigenvalue weighted by atomic mass is 16.5. The van der Waals surface area contributed by atoms with Crippen LogP contribution in [0.4, 0.5) is 0 Å². The van der Waals surface area contributed by atoms with Gasteiger partial charge in [0.25, 0.3) is 0 Å². The van der Waals surface area contributed by atoms with Crippen LogP contribution in [-0.2, 0) is 4.79 Å². The molecule has 2 aromatic heterocycles. The lowest BCUT2D eigenvalue weighted by atomic mass is 10.2. The Bertz CT molecular complexity index is 1150. The summed E-state index contributed by atoms with van der Waals surface area (Å²) in [6.45, 7) is 2.82. The van der Waals surface area contributed by atoms with Crippen molar-refractivity contribution in [2.75, 3.05) is 13.2 Å². The van der Waals surface area contributed by atoms with Gasteiger partial charge in [-0.3, -0.25) is 4.79 Å². The number of benzene rings is 2. The summed E-state index contributed by atoms with van der Waals surface area (Å²) in [5, 5.41) is 17.4. The van der Waals surface area contributed by atoms with E-state index in [1.807, 2.05) is 55.5 Å². The summed E-state index contributed by atoms with van der Waals surface area (Å²) in [5.74, 6) is 1.04. The number of carbonyl (C=O) groups excluding carboxylic acids is 1. The number of aryl methyl sites for hydroxylation is 1. The van der Waals surface area contributed by atoms with Gasteiger partial charge in [0.15, 0.2) is 11.5 Å². The van der Waals surface area contributed by atoms with Crippen LogP contribution in [-0.4, -0.2) is 38.9 Å². The van der Waals surface area contributed by atoms with Gasteiger partial charge in [-0.1, -0.05) is 42.0 Å². The lowest BCUT2D eigenvalue weighted by molar-refractivity contribution is -0.116. The van der Waals surface area contributed by atoms with Crippen LogP contribution in [0, 0.1) is 6.92 Å². The van der Waals surface area contributed by atoms with Crippen molar-refractivity contribution in [3.8, 4) is 5.75 Å². The largest absolute Gasteiger partial charge is 0.492 e. The third-order valence-corrected chi connectivity index (χ3v) is 4.25. The minimum atomic E-state index is -0.231. The molecule has 0 atom stereocenters. The highest BCUT2D eigenvalue weighted by Crippen LogP contribution is 2.17. The van der Waals surface area contributed by atoms with Gasteiger partial charge in [-0.15, -0.1) is 10.2 Å². The predicted octanol–water partition coefficient (Wildman–Crippen LogP) is 2.79. The first-order chi connectivity index (χ1) is 13.7. The van der Waals surface area contributed by atoms with Gasteiger partial charge in [0.05, 0.1) is 12.7 Å². The molecular formula is C21H19N5O2. The van der Waals surface area contributed by atoms with E-state index < -0.39 is 0 Å². The molecule has 1 N–H and O–H groups in total. The molecule has 140 valence electrons. The van der Waals surface area contributed by atoms with Crippen molar-refractivity contribution in [3.63, 3.8) is 0 Å². The molecule has 0 saturated heterocycles. The third-order valence-electron chi connectivity index (χ3n) is 4.25. The van der Waals surface area contributed by atoms with Gasteiger partial charge in [-0.2, -0.15) is 9.61 Å². The standard InChI is InChI=1S/C21H19N5O2/c1-15-6-8-17(9-7-15)28-13-12-22-20(27)11-10-19-24-25-21-18-5-3-2-4-16(18)14-23-26(19)21/h2-11,14H,12-13H2,1H3,(H,22,27)/b11-10+. The van der Waals surface area contributed by atoms with Crippen LogP contribution in [0.15, 0.2) is 60.8 Å². The SMILES string of the molecule is Cc1ccc(OCCNC(=O)/C=C/c2nnc3c4ccccc4cnn23)cc1. The second-order valence-corrected chi connectivity index (χ2v) is 6.31. The smallest absolute Gasteiger partial charge is 0.244 e. The fourth-order valence-corrected chi connectivity index (χ4v) is 2.80. The lowest BCUT2D eigenvalue weighted by Crippen LogP contribution is -2.26. The Balaban J connectivity index is 1.35. The number of aromatic nitrogens is 4. The number of nitrogens with zero attached hydrogens (tertiary/aromatic N) is 4. The van der Waals surface area contributed by atoms with Crippen molar-refractivity contribution in [1.29, 1.82) is 0 Å². The van der Waals surface area contributed by atoms with Crippen LogP contribution < -0.4 is 10.1 Å². The molecule has 0 aliphatic rings. The van der Waals surface area contributed by atoms with E-state index in [9.17, 15) is 4.79 Å². The van der Waals surface area contributed by atoms with Gasteiger partial charge >= 0.3 is 0 Å². The molecule has 0 bridgehead atoms. The van der Waals surface area contributed by atoms with E-state index >= 15 is 0 Å². The molecule has 28 heavy (non-hydrogen) atoms. The normalized spacial score (nSPS) is 11.3. The highest BCUT2D eigenvalue weighted by molar-refractivity contribution is 5.94. The minimum absolute atomic E-state index is 0.231. The highest BCUT2D eigenvalue weighted by Gasteiger charge is 2.08. The van der Waals surface area contributed by atoms with Gasteiger partial charge in [0.1, 0.15) is 12.4 Å². The van der Waals surface area contributed by atoms with Crippen molar-refractivity contribution < 1.29 is 9.53 Å². The number of hydrogen-bond donors (Lipinski definition) is 1. The number of carbonyl (C=O) groups is 1. The summed E-state index contributed by atoms with van der Waals surface area (Å²) in [6, 6.07) is 15.6. The molecule has 0 spiro atoms. The van der Waals surface area contributed by atoms with Crippen molar-refractivity contribution >= 4 is 28.4 Å². The molecule has 2 heterocycles. The molecule has 0 aliphatic carbocycles. The first-order valence-electron chi connectivity index (χ1n) is 8.95. The van der Waals surface area contributed by atoms with Gasteiger partial charge in [0.2, 0.25) is 5.91 Å². The average Bonchev–Trinajstić information content (AvgIpc) is 3.14. The molecule has 0 aliphatic heterocycles. The molecule has 0 radical (unpaired) electrons. The summed E-state index contributed by atoms with van der Waals surface area (Å²) in [7, 11) is 0. The number of fused-ring (bicyclic) bond motifs is 3. The first-order valence-corrected chi connectivity index (χ1v) is 8.95. The maximum atomic E-state index is 12.0. The Hall–Kier alpha value is -3.74. The minimum Gasteiger partial charge on any atom is -0.492 e. The predicted molar refractivity (Wildman–Crippen MR) is 107 cm³/mol. The summed E-state index contributed by atoms with van der Waals surface area (Å²) < 4.78 is 7.20. The maximum absolute atomic E-state index is 12.0. The number of hydrogen-bond acceptors (Lipinski definition) is 5. The molecule has 0 fully saturated rings. The molecule has 7 nitrogen and oxygen atoms in total. The summed E-state index contributed by atoms with van der Waals surface area (Å²) in [5.41, 5.74) is 1.83. The van der Waals surface area contributed by atoms with Gasteiger partial charge in [-0.05, 0) is 25.1 Å². The molecule has 1 amide bonds. The van der Waals surface area contributed by atoms with Gasteiger partial charge < -0.3 is 10.1 Å². The first kappa shape index (κ1) is 17.7. The number of nitrogens with one attached hydrogen (secondary N) is 1. The summed E-state index contributed by atoms with van der Waals surface area (Å²) in [4.78, 5) is 12.0. The average molecular weight is 373 g/mol. The zero-order valence-electron chi connectivity index (χ0n) is 15.4. The number of amides is 1. The van der Waals surface area contributed by atoms with Crippen molar-refractivity contribution in [2.45, 2.75) is 6.92 Å². The third kappa shape index (κ3) is 3.83. The van der Waals surface area contributed by atoms with Crippen molar-refractivity contribution in [1.82, 2.24) is 25.1 Å². The van der Waals surface area contributed by atoms with E-state index in [1.54, 1.807) is 16.8 Å². The second kappa shape index (κ2) is 7.87. The van der Waals surface area contributed by atoms with Gasteiger partial charge in [-0.25, -0.2) is 0 Å². The van der Waals surface area contributed by atoms with E-state index in [0.717, 1.165) is 16.5 Å². The fraction of sp³-hybridized carbons (Fsp3) is 0.143. The molecule has 4 aromatic rings.